The molecular formula is C28H46O3. The average molecular weight is 431 g/mol. The lowest BCUT2D eigenvalue weighted by Crippen LogP contribution is -2.35. The third-order valence-corrected chi connectivity index (χ3v) is 9.26. The van der Waals surface area contributed by atoms with E-state index < -0.39 is 17.8 Å². The Morgan fingerprint density at radius 1 is 1.16 bits per heavy atom. The molecule has 5 unspecified atom stereocenters. The van der Waals surface area contributed by atoms with E-state index in [1.165, 1.54) is 31.3 Å². The predicted molar refractivity (Wildman–Crippen MR) is 129 cm³/mol. The third kappa shape index (κ3) is 5.37. The molecule has 1 fully saturated rings. The van der Waals surface area contributed by atoms with Crippen molar-refractivity contribution >= 4 is 0 Å². The van der Waals surface area contributed by atoms with Gasteiger partial charge in [-0.3, -0.25) is 0 Å². The molecule has 0 aromatic carbocycles. The van der Waals surface area contributed by atoms with E-state index in [0.717, 1.165) is 29.9 Å². The van der Waals surface area contributed by atoms with Crippen molar-refractivity contribution in [1.82, 2.24) is 0 Å². The molecule has 0 bridgehead atoms. The van der Waals surface area contributed by atoms with Crippen molar-refractivity contribution in [3.63, 3.8) is 0 Å². The molecule has 3 rings (SSSR count). The summed E-state index contributed by atoms with van der Waals surface area (Å²) in [4.78, 5) is 0. The SMILES string of the molecule is CC1=C(/C=C/C2=CCCC3(C)C2CCC3C(C)CCC(C)C(C)(C)O)C[C@@H](O)C[C@@H]1O. The summed E-state index contributed by atoms with van der Waals surface area (Å²) in [5.41, 5.74) is 3.33. The van der Waals surface area contributed by atoms with Crippen molar-refractivity contribution in [1.29, 1.82) is 0 Å². The van der Waals surface area contributed by atoms with Gasteiger partial charge < -0.3 is 15.3 Å². The molecule has 0 aromatic rings. The maximum absolute atomic E-state index is 10.3. The molecule has 3 nitrogen and oxygen atoms in total. The zero-order chi connectivity index (χ0) is 23.0. The Kier molecular flexibility index (Phi) is 7.61. The standard InChI is InChI=1S/C28H46O3/c1-18(9-10-19(2)27(4,5)31)24-13-14-25-21(8-7-15-28(24,25)6)11-12-22-16-23(29)17-26(30)20(22)3/h8,11-12,18-19,23-26,29-31H,7,9-10,13-17H2,1-6H3/b12-11+/t18?,19?,23-,24?,25?,26+,28?/m1/s1. The number of allylic oxidation sites excluding steroid dienone is 4. The summed E-state index contributed by atoms with van der Waals surface area (Å²) in [6.07, 6.45) is 14.3. The molecule has 0 radical (unpaired) electrons. The van der Waals surface area contributed by atoms with E-state index >= 15 is 0 Å². The first kappa shape index (κ1) is 24.7. The van der Waals surface area contributed by atoms with Gasteiger partial charge in [-0.05, 0) is 105 Å². The normalized spacial score (nSPS) is 36.5. The Bertz CT molecular complexity index is 725. The fraction of sp³-hybridized carbons (Fsp3) is 0.786. The van der Waals surface area contributed by atoms with Gasteiger partial charge in [0.25, 0.3) is 0 Å². The van der Waals surface area contributed by atoms with Crippen molar-refractivity contribution in [2.24, 2.45) is 29.1 Å². The second kappa shape index (κ2) is 9.53. The van der Waals surface area contributed by atoms with Gasteiger partial charge in [0.05, 0.1) is 17.8 Å². The van der Waals surface area contributed by atoms with Crippen LogP contribution in [0.1, 0.15) is 92.9 Å². The third-order valence-electron chi connectivity index (χ3n) is 9.26. The Balaban J connectivity index is 1.69. The van der Waals surface area contributed by atoms with Gasteiger partial charge in [0.2, 0.25) is 0 Å². The highest BCUT2D eigenvalue weighted by atomic mass is 16.3. The molecular weight excluding hydrogens is 384 g/mol. The van der Waals surface area contributed by atoms with Crippen LogP contribution < -0.4 is 0 Å². The van der Waals surface area contributed by atoms with E-state index in [9.17, 15) is 15.3 Å². The molecule has 3 aliphatic carbocycles. The summed E-state index contributed by atoms with van der Waals surface area (Å²) in [5, 5.41) is 30.6. The summed E-state index contributed by atoms with van der Waals surface area (Å²) in [5.74, 6) is 2.35. The summed E-state index contributed by atoms with van der Waals surface area (Å²) in [6, 6.07) is 0. The molecule has 3 aliphatic rings. The van der Waals surface area contributed by atoms with Crippen LogP contribution in [0, 0.1) is 29.1 Å². The van der Waals surface area contributed by atoms with Gasteiger partial charge in [0, 0.05) is 6.42 Å². The number of rotatable bonds is 7. The molecule has 7 atom stereocenters. The molecule has 1 saturated carbocycles. The van der Waals surface area contributed by atoms with Crippen LogP contribution in [0.2, 0.25) is 0 Å². The average Bonchev–Trinajstić information content (AvgIpc) is 3.04. The summed E-state index contributed by atoms with van der Waals surface area (Å²) in [7, 11) is 0. The molecule has 3 heteroatoms. The van der Waals surface area contributed by atoms with E-state index in [1.54, 1.807) is 0 Å². The minimum atomic E-state index is -0.597. The van der Waals surface area contributed by atoms with E-state index in [-0.39, 0.29) is 0 Å². The minimum Gasteiger partial charge on any atom is -0.393 e. The predicted octanol–water partition coefficient (Wildman–Crippen LogP) is 5.95. The molecule has 0 spiro atoms. The highest BCUT2D eigenvalue weighted by Gasteiger charge is 2.49. The smallest absolute Gasteiger partial charge is 0.0777 e. The molecule has 31 heavy (non-hydrogen) atoms. The van der Waals surface area contributed by atoms with Gasteiger partial charge in [-0.25, -0.2) is 0 Å². The molecule has 0 saturated heterocycles. The van der Waals surface area contributed by atoms with Crippen molar-refractivity contribution < 1.29 is 15.3 Å². The highest BCUT2D eigenvalue weighted by molar-refractivity contribution is 5.37. The van der Waals surface area contributed by atoms with E-state index in [2.05, 4.69) is 39.0 Å². The molecule has 3 N–H and O–H groups in total. The van der Waals surface area contributed by atoms with Crippen LogP contribution in [0.3, 0.4) is 0 Å². The molecule has 0 heterocycles. The number of fused-ring (bicyclic) bond motifs is 1. The fourth-order valence-electron chi connectivity index (χ4n) is 6.59. The summed E-state index contributed by atoms with van der Waals surface area (Å²) in [6.45, 7) is 13.0. The Morgan fingerprint density at radius 2 is 1.87 bits per heavy atom. The lowest BCUT2D eigenvalue weighted by atomic mass is 9.62. The van der Waals surface area contributed by atoms with Crippen molar-refractivity contribution in [3.8, 4) is 0 Å². The minimum absolute atomic E-state index is 0.322. The maximum atomic E-state index is 10.3. The van der Waals surface area contributed by atoms with Crippen molar-refractivity contribution in [2.45, 2.75) is 111 Å². The van der Waals surface area contributed by atoms with Crippen LogP contribution in [-0.4, -0.2) is 33.1 Å². The van der Waals surface area contributed by atoms with Gasteiger partial charge in [0.15, 0.2) is 0 Å². The lowest BCUT2D eigenvalue weighted by Gasteiger charge is -2.43. The molecule has 176 valence electrons. The van der Waals surface area contributed by atoms with E-state index in [1.807, 2.05) is 20.8 Å². The van der Waals surface area contributed by atoms with Crippen LogP contribution in [0.5, 0.6) is 0 Å². The number of hydrogen-bond donors (Lipinski definition) is 3. The first-order valence-corrected chi connectivity index (χ1v) is 12.6. The maximum Gasteiger partial charge on any atom is 0.0777 e. The second-order valence-electron chi connectivity index (χ2n) is 11.7. The number of aliphatic hydroxyl groups is 3. The molecule has 0 aromatic heterocycles. The highest BCUT2D eigenvalue weighted by Crippen LogP contribution is 2.59. The first-order valence-electron chi connectivity index (χ1n) is 12.6. The summed E-state index contributed by atoms with van der Waals surface area (Å²) >= 11 is 0. The van der Waals surface area contributed by atoms with E-state index in [4.69, 9.17) is 0 Å². The summed E-state index contributed by atoms with van der Waals surface area (Å²) < 4.78 is 0. The van der Waals surface area contributed by atoms with Crippen LogP contribution >= 0.6 is 0 Å². The van der Waals surface area contributed by atoms with Crippen LogP contribution in [0.25, 0.3) is 0 Å². The monoisotopic (exact) mass is 430 g/mol. The van der Waals surface area contributed by atoms with Crippen LogP contribution in [-0.2, 0) is 0 Å². The van der Waals surface area contributed by atoms with Gasteiger partial charge in [-0.15, -0.1) is 0 Å². The van der Waals surface area contributed by atoms with Gasteiger partial charge in [-0.2, -0.15) is 0 Å². The lowest BCUT2D eigenvalue weighted by molar-refractivity contribution is 0.0154. The topological polar surface area (TPSA) is 60.7 Å². The van der Waals surface area contributed by atoms with Crippen LogP contribution in [0.4, 0.5) is 0 Å². The Hall–Kier alpha value is -0.900. The number of aliphatic hydroxyl groups excluding tert-OH is 2. The number of hydrogen-bond acceptors (Lipinski definition) is 3. The first-order chi connectivity index (χ1) is 14.4. The van der Waals surface area contributed by atoms with E-state index in [0.29, 0.717) is 36.0 Å². The largest absolute Gasteiger partial charge is 0.393 e. The van der Waals surface area contributed by atoms with Gasteiger partial charge >= 0.3 is 0 Å². The second-order valence-corrected chi connectivity index (χ2v) is 11.7. The quantitative estimate of drug-likeness (QED) is 0.468. The Morgan fingerprint density at radius 3 is 2.55 bits per heavy atom. The zero-order valence-corrected chi connectivity index (χ0v) is 20.7. The fourth-order valence-corrected chi connectivity index (χ4v) is 6.59. The van der Waals surface area contributed by atoms with Crippen LogP contribution in [0.15, 0.2) is 34.9 Å². The van der Waals surface area contributed by atoms with Gasteiger partial charge in [-0.1, -0.05) is 45.4 Å². The van der Waals surface area contributed by atoms with Crippen molar-refractivity contribution in [3.05, 3.63) is 34.9 Å². The van der Waals surface area contributed by atoms with Gasteiger partial charge in [0.1, 0.15) is 0 Å². The zero-order valence-electron chi connectivity index (χ0n) is 20.7. The Labute approximate surface area is 190 Å². The van der Waals surface area contributed by atoms with Crippen molar-refractivity contribution in [2.75, 3.05) is 0 Å². The molecule has 0 amide bonds. The molecule has 0 aliphatic heterocycles.